The molecule has 0 unspecified atom stereocenters. The van der Waals surface area contributed by atoms with E-state index in [1.807, 2.05) is 6.92 Å². The second-order valence-corrected chi connectivity index (χ2v) is 6.65. The Kier molecular flexibility index (Phi) is 6.43. The molecule has 0 saturated carbocycles. The van der Waals surface area contributed by atoms with Gasteiger partial charge in [0.25, 0.3) is 5.56 Å². The molecule has 3 rings (SSSR count). The van der Waals surface area contributed by atoms with E-state index >= 15 is 0 Å². The van der Waals surface area contributed by atoms with Crippen LogP contribution in [-0.4, -0.2) is 22.4 Å². The summed E-state index contributed by atoms with van der Waals surface area (Å²) >= 11 is 0. The molecule has 0 amide bonds. The van der Waals surface area contributed by atoms with Crippen molar-refractivity contribution >= 4 is 5.97 Å². The molecule has 0 atom stereocenters. The van der Waals surface area contributed by atoms with Gasteiger partial charge in [-0.15, -0.1) is 0 Å². The van der Waals surface area contributed by atoms with E-state index in [1.165, 1.54) is 12.1 Å². The first-order chi connectivity index (χ1) is 14.7. The van der Waals surface area contributed by atoms with Crippen LogP contribution < -0.4 is 10.3 Å². The maximum absolute atomic E-state index is 12.9. The molecule has 1 aromatic heterocycles. The monoisotopic (exact) mass is 432 g/mol. The minimum Gasteiger partial charge on any atom is -0.486 e. The number of halogens is 3. The van der Waals surface area contributed by atoms with Gasteiger partial charge in [-0.05, 0) is 43.7 Å². The number of benzene rings is 2. The van der Waals surface area contributed by atoms with E-state index in [0.29, 0.717) is 5.69 Å². The summed E-state index contributed by atoms with van der Waals surface area (Å²) in [5.74, 6) is -0.994. The van der Waals surface area contributed by atoms with Crippen molar-refractivity contribution < 1.29 is 27.4 Å². The SMILES string of the molecule is CCOC(=O)c1nn(-c2ccc(C)cc2)c(=O)cc1OCc1cccc(C(F)(F)F)c1. The Bertz CT molecular complexity index is 1140. The molecule has 0 saturated heterocycles. The lowest BCUT2D eigenvalue weighted by atomic mass is 10.1. The molecule has 0 aliphatic heterocycles. The first kappa shape index (κ1) is 22.1. The Morgan fingerprint density at radius 1 is 1.10 bits per heavy atom. The van der Waals surface area contributed by atoms with Gasteiger partial charge in [-0.2, -0.15) is 23.0 Å². The third-order valence-electron chi connectivity index (χ3n) is 4.29. The molecule has 162 valence electrons. The summed E-state index contributed by atoms with van der Waals surface area (Å²) in [6.45, 7) is 3.26. The van der Waals surface area contributed by atoms with Gasteiger partial charge in [0, 0.05) is 0 Å². The topological polar surface area (TPSA) is 70.4 Å². The summed E-state index contributed by atoms with van der Waals surface area (Å²) in [6, 6.07) is 12.5. The van der Waals surface area contributed by atoms with Gasteiger partial charge in [-0.1, -0.05) is 29.8 Å². The van der Waals surface area contributed by atoms with Gasteiger partial charge in [0.05, 0.1) is 23.9 Å². The Labute approximate surface area is 175 Å². The Morgan fingerprint density at radius 2 is 1.81 bits per heavy atom. The smallest absolute Gasteiger partial charge is 0.416 e. The Hall–Kier alpha value is -3.62. The standard InChI is InChI=1S/C22H19F3N2O4/c1-3-30-21(29)20-18(31-13-15-5-4-6-16(11-15)22(23,24)25)12-19(28)27(26-20)17-9-7-14(2)8-10-17/h4-12H,3,13H2,1-2H3. The lowest BCUT2D eigenvalue weighted by Crippen LogP contribution is -2.25. The van der Waals surface area contributed by atoms with Crippen molar-refractivity contribution in [3.05, 3.63) is 87.3 Å². The maximum Gasteiger partial charge on any atom is 0.416 e. The first-order valence-corrected chi connectivity index (χ1v) is 9.36. The van der Waals surface area contributed by atoms with Gasteiger partial charge < -0.3 is 9.47 Å². The normalized spacial score (nSPS) is 11.3. The minimum atomic E-state index is -4.50. The number of ether oxygens (including phenoxy) is 2. The summed E-state index contributed by atoms with van der Waals surface area (Å²) in [7, 11) is 0. The molecule has 2 aromatic carbocycles. The first-order valence-electron chi connectivity index (χ1n) is 9.36. The van der Waals surface area contributed by atoms with E-state index in [0.717, 1.165) is 28.4 Å². The predicted octanol–water partition coefficient (Wildman–Crippen LogP) is 4.32. The van der Waals surface area contributed by atoms with E-state index in [2.05, 4.69) is 5.10 Å². The zero-order chi connectivity index (χ0) is 22.6. The summed E-state index contributed by atoms with van der Waals surface area (Å²) < 4.78 is 50.3. The number of hydrogen-bond donors (Lipinski definition) is 0. The molecule has 0 fully saturated rings. The molecule has 0 aliphatic carbocycles. The summed E-state index contributed by atoms with van der Waals surface area (Å²) in [4.78, 5) is 25.0. The number of aromatic nitrogens is 2. The summed E-state index contributed by atoms with van der Waals surface area (Å²) in [6.07, 6.45) is -4.50. The van der Waals surface area contributed by atoms with Crippen LogP contribution in [0.15, 0.2) is 59.4 Å². The number of carbonyl (C=O) groups is 1. The third-order valence-corrected chi connectivity index (χ3v) is 4.29. The highest BCUT2D eigenvalue weighted by Crippen LogP contribution is 2.30. The zero-order valence-corrected chi connectivity index (χ0v) is 16.8. The van der Waals surface area contributed by atoms with Gasteiger partial charge in [0.2, 0.25) is 5.69 Å². The van der Waals surface area contributed by atoms with E-state index < -0.39 is 23.3 Å². The van der Waals surface area contributed by atoms with Crippen LogP contribution in [0.4, 0.5) is 13.2 Å². The maximum atomic E-state index is 12.9. The molecular weight excluding hydrogens is 413 g/mol. The number of nitrogens with zero attached hydrogens (tertiary/aromatic N) is 2. The molecule has 31 heavy (non-hydrogen) atoms. The highest BCUT2D eigenvalue weighted by atomic mass is 19.4. The minimum absolute atomic E-state index is 0.0667. The second-order valence-electron chi connectivity index (χ2n) is 6.65. The number of esters is 1. The number of aryl methyl sites for hydroxylation is 1. The molecule has 0 N–H and O–H groups in total. The number of hydrogen-bond acceptors (Lipinski definition) is 5. The number of carbonyl (C=O) groups excluding carboxylic acids is 1. The van der Waals surface area contributed by atoms with Crippen molar-refractivity contribution in [2.45, 2.75) is 26.6 Å². The second kappa shape index (κ2) is 9.03. The van der Waals surface area contributed by atoms with Crippen LogP contribution in [0.1, 0.15) is 34.1 Å². The molecule has 0 bridgehead atoms. The average Bonchev–Trinajstić information content (AvgIpc) is 2.73. The largest absolute Gasteiger partial charge is 0.486 e. The van der Waals surface area contributed by atoms with Crippen LogP contribution in [0.2, 0.25) is 0 Å². The van der Waals surface area contributed by atoms with Gasteiger partial charge in [-0.25, -0.2) is 4.79 Å². The molecule has 3 aromatic rings. The highest BCUT2D eigenvalue weighted by molar-refractivity contribution is 5.90. The van der Waals surface area contributed by atoms with Crippen LogP contribution in [0.5, 0.6) is 5.75 Å². The van der Waals surface area contributed by atoms with E-state index in [1.54, 1.807) is 31.2 Å². The number of alkyl halides is 3. The van der Waals surface area contributed by atoms with Crippen LogP contribution in [0, 0.1) is 6.92 Å². The fourth-order valence-electron chi connectivity index (χ4n) is 2.76. The van der Waals surface area contributed by atoms with Crippen LogP contribution >= 0.6 is 0 Å². The molecular formula is C22H19F3N2O4. The van der Waals surface area contributed by atoms with Crippen LogP contribution in [0.25, 0.3) is 5.69 Å². The molecule has 0 spiro atoms. The average molecular weight is 432 g/mol. The molecule has 9 heteroatoms. The van der Waals surface area contributed by atoms with Gasteiger partial charge in [0.1, 0.15) is 6.61 Å². The highest BCUT2D eigenvalue weighted by Gasteiger charge is 2.30. The van der Waals surface area contributed by atoms with Crippen molar-refractivity contribution in [2.75, 3.05) is 6.61 Å². The zero-order valence-electron chi connectivity index (χ0n) is 16.8. The van der Waals surface area contributed by atoms with Crippen LogP contribution in [0.3, 0.4) is 0 Å². The molecule has 6 nitrogen and oxygen atoms in total. The number of rotatable bonds is 6. The summed E-state index contributed by atoms with van der Waals surface area (Å²) in [5, 5.41) is 4.08. The van der Waals surface area contributed by atoms with E-state index in [4.69, 9.17) is 9.47 Å². The lowest BCUT2D eigenvalue weighted by molar-refractivity contribution is -0.137. The fraction of sp³-hybridized carbons (Fsp3) is 0.227. The van der Waals surface area contributed by atoms with Gasteiger partial charge in [-0.3, -0.25) is 4.79 Å². The molecule has 0 radical (unpaired) electrons. The van der Waals surface area contributed by atoms with Gasteiger partial charge >= 0.3 is 12.1 Å². The summed E-state index contributed by atoms with van der Waals surface area (Å²) in [5.41, 5.74) is -0.0292. The van der Waals surface area contributed by atoms with Crippen LogP contribution in [-0.2, 0) is 17.5 Å². The van der Waals surface area contributed by atoms with Crippen molar-refractivity contribution in [1.82, 2.24) is 9.78 Å². The van der Waals surface area contributed by atoms with Crippen molar-refractivity contribution in [2.24, 2.45) is 0 Å². The van der Waals surface area contributed by atoms with Gasteiger partial charge in [0.15, 0.2) is 5.75 Å². The molecule has 0 aliphatic rings. The fourth-order valence-corrected chi connectivity index (χ4v) is 2.76. The quantitative estimate of drug-likeness (QED) is 0.543. The van der Waals surface area contributed by atoms with Crippen molar-refractivity contribution in [1.29, 1.82) is 0 Å². The Balaban J connectivity index is 1.96. The third kappa shape index (κ3) is 5.30. The Morgan fingerprint density at radius 3 is 2.45 bits per heavy atom. The van der Waals surface area contributed by atoms with Crippen molar-refractivity contribution in [3.63, 3.8) is 0 Å². The predicted molar refractivity (Wildman–Crippen MR) is 106 cm³/mol. The van der Waals surface area contributed by atoms with E-state index in [9.17, 15) is 22.8 Å². The van der Waals surface area contributed by atoms with E-state index in [-0.39, 0.29) is 30.2 Å². The van der Waals surface area contributed by atoms with Crippen molar-refractivity contribution in [3.8, 4) is 11.4 Å². The lowest BCUT2D eigenvalue weighted by Gasteiger charge is -2.13. The molecule has 1 heterocycles.